The summed E-state index contributed by atoms with van der Waals surface area (Å²) in [6.45, 7) is 9.19. The summed E-state index contributed by atoms with van der Waals surface area (Å²) in [5, 5.41) is 15.4. The first kappa shape index (κ1) is 40.3. The van der Waals surface area contributed by atoms with E-state index in [0.29, 0.717) is 23.6 Å². The number of hydrogen-bond donors (Lipinski definition) is 3. The van der Waals surface area contributed by atoms with E-state index in [1.54, 1.807) is 49.1 Å². The third kappa shape index (κ3) is 12.1. The number of amides is 2. The summed E-state index contributed by atoms with van der Waals surface area (Å²) >= 11 is 0. The van der Waals surface area contributed by atoms with Crippen molar-refractivity contribution < 1.29 is 24.2 Å². The zero-order chi connectivity index (χ0) is 39.2. The molecule has 2 heterocycles. The number of pyridine rings is 1. The molecule has 55 heavy (non-hydrogen) atoms. The van der Waals surface area contributed by atoms with Crippen LogP contribution in [0.2, 0.25) is 0 Å². The Morgan fingerprint density at radius 2 is 1.36 bits per heavy atom. The number of unbranched alkanes of at least 4 members (excludes halogenated alkanes) is 4. The van der Waals surface area contributed by atoms with E-state index in [-0.39, 0.29) is 18.3 Å². The molecule has 2 atom stereocenters. The van der Waals surface area contributed by atoms with Gasteiger partial charge in [0.1, 0.15) is 17.8 Å². The number of ether oxygens (including phenoxy) is 1. The van der Waals surface area contributed by atoms with E-state index in [9.17, 15) is 19.5 Å². The van der Waals surface area contributed by atoms with Crippen molar-refractivity contribution in [2.45, 2.75) is 90.1 Å². The van der Waals surface area contributed by atoms with Crippen molar-refractivity contribution in [1.82, 2.24) is 25.6 Å². The van der Waals surface area contributed by atoms with E-state index in [1.807, 2.05) is 60.7 Å². The zero-order valence-electron chi connectivity index (χ0n) is 32.1. The number of aromatic nitrogens is 3. The van der Waals surface area contributed by atoms with Gasteiger partial charge in [-0.15, -0.1) is 0 Å². The van der Waals surface area contributed by atoms with Gasteiger partial charge in [0.2, 0.25) is 5.91 Å². The second kappa shape index (κ2) is 19.4. The predicted octanol–water partition coefficient (Wildman–Crippen LogP) is 8.01. The Morgan fingerprint density at radius 3 is 1.98 bits per heavy atom. The molecule has 0 spiro atoms. The van der Waals surface area contributed by atoms with Crippen molar-refractivity contribution in [3.05, 3.63) is 132 Å². The third-order valence-corrected chi connectivity index (χ3v) is 9.42. The first-order chi connectivity index (χ1) is 26.5. The van der Waals surface area contributed by atoms with E-state index in [0.717, 1.165) is 40.0 Å². The molecule has 0 fully saturated rings. The molecule has 2 amide bonds. The van der Waals surface area contributed by atoms with Crippen LogP contribution < -0.4 is 15.4 Å². The molecule has 0 unspecified atom stereocenters. The maximum Gasteiger partial charge on any atom is 0.326 e. The molecule has 0 aliphatic carbocycles. The van der Waals surface area contributed by atoms with Crippen LogP contribution in [0.3, 0.4) is 0 Å². The molecule has 0 aliphatic rings. The number of benzene rings is 3. The van der Waals surface area contributed by atoms with Crippen LogP contribution in [0.1, 0.15) is 86.8 Å². The summed E-state index contributed by atoms with van der Waals surface area (Å²) in [5.41, 5.74) is 5.43. The Hall–Kier alpha value is -5.90. The van der Waals surface area contributed by atoms with E-state index < -0.39 is 29.9 Å². The van der Waals surface area contributed by atoms with Crippen LogP contribution in [0.15, 0.2) is 110 Å². The highest BCUT2D eigenvalue weighted by atomic mass is 16.5. The molecule has 286 valence electrons. The Morgan fingerprint density at radius 1 is 0.709 bits per heavy atom. The summed E-state index contributed by atoms with van der Waals surface area (Å²) < 4.78 is 5.90. The number of carboxylic acids is 1. The minimum atomic E-state index is -1.22. The van der Waals surface area contributed by atoms with Crippen LogP contribution >= 0.6 is 0 Å². The molecule has 0 saturated heterocycles. The molecule has 5 aromatic rings. The van der Waals surface area contributed by atoms with Crippen molar-refractivity contribution in [2.24, 2.45) is 0 Å². The minimum absolute atomic E-state index is 0.0380. The molecule has 0 saturated carbocycles. The molecule has 3 aromatic carbocycles. The van der Waals surface area contributed by atoms with Gasteiger partial charge in [-0.05, 0) is 64.4 Å². The average molecular weight is 742 g/mol. The summed E-state index contributed by atoms with van der Waals surface area (Å²) in [4.78, 5) is 52.6. The van der Waals surface area contributed by atoms with Crippen molar-refractivity contribution in [3.8, 4) is 28.3 Å². The number of nitrogens with zero attached hydrogens (tertiary/aromatic N) is 3. The lowest BCUT2D eigenvalue weighted by atomic mass is 9.86. The first-order valence-electron chi connectivity index (χ1n) is 19.0. The van der Waals surface area contributed by atoms with Gasteiger partial charge in [0.05, 0.1) is 6.61 Å². The smallest absolute Gasteiger partial charge is 0.326 e. The van der Waals surface area contributed by atoms with Crippen LogP contribution in [0.25, 0.3) is 22.5 Å². The van der Waals surface area contributed by atoms with Crippen LogP contribution in [-0.4, -0.2) is 56.5 Å². The summed E-state index contributed by atoms with van der Waals surface area (Å²) in [5.74, 6) is -0.854. The maximum absolute atomic E-state index is 13.7. The molecular formula is C45H51N5O5. The van der Waals surface area contributed by atoms with Gasteiger partial charge >= 0.3 is 5.97 Å². The van der Waals surface area contributed by atoms with Gasteiger partial charge in [-0.2, -0.15) is 0 Å². The highest BCUT2D eigenvalue weighted by Gasteiger charge is 2.28. The fourth-order valence-corrected chi connectivity index (χ4v) is 6.09. The lowest BCUT2D eigenvalue weighted by molar-refractivity contribution is -0.142. The second-order valence-electron chi connectivity index (χ2n) is 14.8. The minimum Gasteiger partial charge on any atom is -0.494 e. The van der Waals surface area contributed by atoms with Crippen LogP contribution in [0.4, 0.5) is 0 Å². The highest BCUT2D eigenvalue weighted by molar-refractivity contribution is 5.98. The normalized spacial score (nSPS) is 12.4. The SMILES string of the molecule is CCCCCCCOc1ccc(-c2cnc(-c3ccc(C[C@H](NC(=O)c4ccc(C(C)(C)C)cc4)C(=O)N[C@@H](Cc4cccnc4)C(=O)O)cc3)nc2)cc1. The molecule has 0 radical (unpaired) electrons. The van der Waals surface area contributed by atoms with Crippen LogP contribution in [0.5, 0.6) is 5.75 Å². The number of hydrogen-bond acceptors (Lipinski definition) is 7. The van der Waals surface area contributed by atoms with Gasteiger partial charge < -0.3 is 20.5 Å². The average Bonchev–Trinajstić information content (AvgIpc) is 3.19. The van der Waals surface area contributed by atoms with Crippen LogP contribution in [-0.2, 0) is 27.8 Å². The van der Waals surface area contributed by atoms with E-state index >= 15 is 0 Å². The summed E-state index contributed by atoms with van der Waals surface area (Å²) in [7, 11) is 0. The lowest BCUT2D eigenvalue weighted by Gasteiger charge is -2.22. The Labute approximate surface area is 323 Å². The number of carboxylic acid groups (broad SMARTS) is 1. The molecular weight excluding hydrogens is 691 g/mol. The first-order valence-corrected chi connectivity index (χ1v) is 19.0. The van der Waals surface area contributed by atoms with Gasteiger partial charge in [0, 0.05) is 54.3 Å². The number of aliphatic carboxylic acids is 1. The van der Waals surface area contributed by atoms with Gasteiger partial charge in [-0.1, -0.05) is 108 Å². The van der Waals surface area contributed by atoms with Crippen molar-refractivity contribution in [2.75, 3.05) is 6.61 Å². The molecule has 2 aromatic heterocycles. The van der Waals surface area contributed by atoms with Crippen molar-refractivity contribution >= 4 is 17.8 Å². The monoisotopic (exact) mass is 741 g/mol. The largest absolute Gasteiger partial charge is 0.494 e. The molecule has 5 rings (SSSR count). The lowest BCUT2D eigenvalue weighted by Crippen LogP contribution is -2.53. The molecule has 10 nitrogen and oxygen atoms in total. The number of rotatable bonds is 18. The number of carbonyl (C=O) groups excluding carboxylic acids is 2. The molecule has 10 heteroatoms. The molecule has 0 bridgehead atoms. The Balaban J connectivity index is 1.26. The fourth-order valence-electron chi connectivity index (χ4n) is 6.09. The van der Waals surface area contributed by atoms with Crippen molar-refractivity contribution in [1.29, 1.82) is 0 Å². The molecule has 3 N–H and O–H groups in total. The fraction of sp³-hybridized carbons (Fsp3) is 0.333. The predicted molar refractivity (Wildman–Crippen MR) is 215 cm³/mol. The van der Waals surface area contributed by atoms with Gasteiger partial charge in [0.25, 0.3) is 5.91 Å². The Bertz CT molecular complexity index is 1980. The van der Waals surface area contributed by atoms with E-state index in [4.69, 9.17) is 4.74 Å². The molecule has 0 aliphatic heterocycles. The summed E-state index contributed by atoms with van der Waals surface area (Å²) in [6.07, 6.45) is 12.9. The van der Waals surface area contributed by atoms with Gasteiger partial charge in [-0.25, -0.2) is 14.8 Å². The van der Waals surface area contributed by atoms with Crippen molar-refractivity contribution in [3.63, 3.8) is 0 Å². The topological polar surface area (TPSA) is 143 Å². The zero-order valence-corrected chi connectivity index (χ0v) is 32.1. The van der Waals surface area contributed by atoms with Crippen LogP contribution in [0, 0.1) is 0 Å². The van der Waals surface area contributed by atoms with Gasteiger partial charge in [-0.3, -0.25) is 14.6 Å². The van der Waals surface area contributed by atoms with E-state index in [2.05, 4.69) is 53.3 Å². The second-order valence-corrected chi connectivity index (χ2v) is 14.8. The number of nitrogens with one attached hydrogen (secondary N) is 2. The highest BCUT2D eigenvalue weighted by Crippen LogP contribution is 2.25. The number of carbonyl (C=O) groups is 3. The maximum atomic E-state index is 13.7. The standard InChI is InChI=1S/C45H51N5O5/c1-5-6-7-8-9-25-55-38-22-18-33(19-23-38)36-29-47-41(48-30-36)34-14-12-31(13-15-34)26-39(49-42(51)35-16-20-37(21-17-35)45(2,3)4)43(52)50-40(44(53)54)27-32-11-10-24-46-28-32/h10-24,28-30,39-40H,5-9,25-27H2,1-4H3,(H,49,51)(H,50,52)(H,53,54)/t39-,40-/m0/s1. The quantitative estimate of drug-likeness (QED) is 0.0767. The van der Waals surface area contributed by atoms with E-state index in [1.165, 1.54) is 25.7 Å². The van der Waals surface area contributed by atoms with Gasteiger partial charge in [0.15, 0.2) is 5.82 Å². The Kier molecular flexibility index (Phi) is 14.2. The third-order valence-electron chi connectivity index (χ3n) is 9.42. The summed E-state index contributed by atoms with van der Waals surface area (Å²) in [6, 6.07) is 23.8.